The number of thiophene rings is 1. The zero-order valence-corrected chi connectivity index (χ0v) is 12.4. The van der Waals surface area contributed by atoms with Crippen LogP contribution in [0.15, 0.2) is 28.7 Å². The van der Waals surface area contributed by atoms with Crippen molar-refractivity contribution in [2.75, 3.05) is 7.11 Å². The third-order valence-electron chi connectivity index (χ3n) is 2.73. The largest absolute Gasteiger partial charge is 0.496 e. The predicted molar refractivity (Wildman–Crippen MR) is 75.7 cm³/mol. The van der Waals surface area contributed by atoms with Crippen molar-refractivity contribution >= 4 is 27.3 Å². The zero-order chi connectivity index (χ0) is 13.3. The summed E-state index contributed by atoms with van der Waals surface area (Å²) in [5.41, 5.74) is 6.54. The highest BCUT2D eigenvalue weighted by Crippen LogP contribution is 2.36. The summed E-state index contributed by atoms with van der Waals surface area (Å²) in [4.78, 5) is 2.03. The Balaban J connectivity index is 2.48. The summed E-state index contributed by atoms with van der Waals surface area (Å²) in [5.74, 6) is 0.133. The van der Waals surface area contributed by atoms with E-state index in [9.17, 15) is 4.39 Å². The summed E-state index contributed by atoms with van der Waals surface area (Å²) in [5, 5.41) is 0. The number of nitrogens with two attached hydrogens (primary N) is 1. The van der Waals surface area contributed by atoms with E-state index in [1.807, 2.05) is 13.0 Å². The molecule has 1 heterocycles. The molecule has 1 aromatic carbocycles. The van der Waals surface area contributed by atoms with Crippen molar-refractivity contribution in [1.29, 1.82) is 0 Å². The fraction of sp³-hybridized carbons (Fsp3) is 0.231. The van der Waals surface area contributed by atoms with Crippen LogP contribution in [0.1, 0.15) is 21.4 Å². The molecular formula is C13H13BrFNOS. The maximum Gasteiger partial charge on any atom is 0.132 e. The Morgan fingerprint density at radius 2 is 2.17 bits per heavy atom. The van der Waals surface area contributed by atoms with Crippen LogP contribution in [-0.2, 0) is 0 Å². The van der Waals surface area contributed by atoms with Gasteiger partial charge in [0, 0.05) is 14.2 Å². The summed E-state index contributed by atoms with van der Waals surface area (Å²) < 4.78 is 20.1. The molecule has 2 rings (SSSR count). The van der Waals surface area contributed by atoms with Crippen LogP contribution in [0.2, 0.25) is 0 Å². The van der Waals surface area contributed by atoms with E-state index in [1.165, 1.54) is 13.2 Å². The highest BCUT2D eigenvalue weighted by molar-refractivity contribution is 9.10. The molecule has 0 aliphatic carbocycles. The molecule has 0 bridgehead atoms. The van der Waals surface area contributed by atoms with Gasteiger partial charge in [0.2, 0.25) is 0 Å². The van der Waals surface area contributed by atoms with Gasteiger partial charge in [-0.2, -0.15) is 0 Å². The average Bonchev–Trinajstić information content (AvgIpc) is 2.68. The second-order valence-corrected chi connectivity index (χ2v) is 6.03. The maximum atomic E-state index is 13.9. The first kappa shape index (κ1) is 13.5. The third kappa shape index (κ3) is 2.43. The Morgan fingerprint density at radius 3 is 2.72 bits per heavy atom. The maximum absolute atomic E-state index is 13.9. The Hall–Kier alpha value is -0.910. The van der Waals surface area contributed by atoms with Gasteiger partial charge >= 0.3 is 0 Å². The SMILES string of the molecule is COc1cccc(F)c1C(N)c1cc(Br)c(C)s1. The molecule has 5 heteroatoms. The van der Waals surface area contributed by atoms with Crippen molar-refractivity contribution in [2.24, 2.45) is 5.73 Å². The minimum absolute atomic E-state index is 0.343. The Kier molecular flexibility index (Phi) is 4.04. The van der Waals surface area contributed by atoms with Crippen molar-refractivity contribution in [2.45, 2.75) is 13.0 Å². The van der Waals surface area contributed by atoms with Gasteiger partial charge < -0.3 is 10.5 Å². The van der Waals surface area contributed by atoms with Crippen LogP contribution >= 0.6 is 27.3 Å². The fourth-order valence-corrected chi connectivity index (χ4v) is 3.35. The number of hydrogen-bond donors (Lipinski definition) is 1. The van der Waals surface area contributed by atoms with Crippen molar-refractivity contribution < 1.29 is 9.13 Å². The lowest BCUT2D eigenvalue weighted by atomic mass is 10.0. The molecule has 0 aliphatic heterocycles. The first-order valence-corrected chi connectivity index (χ1v) is 6.99. The number of halogens is 2. The predicted octanol–water partition coefficient (Wildman–Crippen LogP) is 4.01. The van der Waals surface area contributed by atoms with E-state index < -0.39 is 6.04 Å². The molecule has 0 amide bonds. The van der Waals surface area contributed by atoms with Crippen molar-refractivity contribution in [3.63, 3.8) is 0 Å². The Labute approximate surface area is 118 Å². The van der Waals surface area contributed by atoms with Crippen LogP contribution in [0, 0.1) is 12.7 Å². The summed E-state index contributed by atoms with van der Waals surface area (Å²) in [6.45, 7) is 1.99. The summed E-state index contributed by atoms with van der Waals surface area (Å²) in [6.07, 6.45) is 0. The summed E-state index contributed by atoms with van der Waals surface area (Å²) >= 11 is 4.99. The molecule has 1 unspecified atom stereocenters. The second-order valence-electron chi connectivity index (χ2n) is 3.89. The standard InChI is InChI=1S/C13H13BrFNOS/c1-7-8(14)6-11(18-7)13(16)12-9(15)4-3-5-10(12)17-2/h3-6,13H,16H2,1-2H3. The van der Waals surface area contributed by atoms with Crippen molar-refractivity contribution in [3.8, 4) is 5.75 Å². The minimum Gasteiger partial charge on any atom is -0.496 e. The highest BCUT2D eigenvalue weighted by Gasteiger charge is 2.20. The number of hydrogen-bond acceptors (Lipinski definition) is 3. The molecule has 2 aromatic rings. The van der Waals surface area contributed by atoms with Crippen LogP contribution in [0.25, 0.3) is 0 Å². The normalized spacial score (nSPS) is 12.5. The number of rotatable bonds is 3. The van der Waals surface area contributed by atoms with Gasteiger partial charge in [-0.1, -0.05) is 6.07 Å². The van der Waals surface area contributed by atoms with Crippen LogP contribution in [0.5, 0.6) is 5.75 Å². The molecule has 2 nitrogen and oxygen atoms in total. The summed E-state index contributed by atoms with van der Waals surface area (Å²) in [6, 6.07) is 6.13. The van der Waals surface area contributed by atoms with E-state index in [1.54, 1.807) is 23.5 Å². The van der Waals surface area contributed by atoms with Gasteiger partial charge in [-0.3, -0.25) is 0 Å². The molecule has 2 N–H and O–H groups in total. The van der Waals surface area contributed by atoms with Gasteiger partial charge in [0.1, 0.15) is 11.6 Å². The van der Waals surface area contributed by atoms with Crippen LogP contribution < -0.4 is 10.5 Å². The van der Waals surface area contributed by atoms with E-state index in [0.717, 1.165) is 14.2 Å². The lowest BCUT2D eigenvalue weighted by Crippen LogP contribution is -2.13. The lowest BCUT2D eigenvalue weighted by molar-refractivity contribution is 0.402. The van der Waals surface area contributed by atoms with E-state index in [-0.39, 0.29) is 5.82 Å². The van der Waals surface area contributed by atoms with Crippen LogP contribution in [-0.4, -0.2) is 7.11 Å². The molecular weight excluding hydrogens is 317 g/mol. The molecule has 0 fully saturated rings. The van der Waals surface area contributed by atoms with Crippen LogP contribution in [0.3, 0.4) is 0 Å². The zero-order valence-electron chi connectivity index (χ0n) is 10.0. The highest BCUT2D eigenvalue weighted by atomic mass is 79.9. The molecule has 0 aliphatic rings. The van der Waals surface area contributed by atoms with E-state index in [0.29, 0.717) is 11.3 Å². The molecule has 0 saturated heterocycles. The van der Waals surface area contributed by atoms with Gasteiger partial charge in [0.25, 0.3) is 0 Å². The van der Waals surface area contributed by atoms with Crippen LogP contribution in [0.4, 0.5) is 4.39 Å². The third-order valence-corrected chi connectivity index (χ3v) is 4.95. The van der Waals surface area contributed by atoms with Crippen molar-refractivity contribution in [1.82, 2.24) is 0 Å². The minimum atomic E-state index is -0.517. The van der Waals surface area contributed by atoms with Crippen molar-refractivity contribution in [3.05, 3.63) is 49.9 Å². The summed E-state index contributed by atoms with van der Waals surface area (Å²) in [7, 11) is 1.51. The van der Waals surface area contributed by atoms with E-state index in [2.05, 4.69) is 15.9 Å². The fourth-order valence-electron chi connectivity index (χ4n) is 1.77. The van der Waals surface area contributed by atoms with E-state index in [4.69, 9.17) is 10.5 Å². The topological polar surface area (TPSA) is 35.2 Å². The Morgan fingerprint density at radius 1 is 1.44 bits per heavy atom. The Bertz CT molecular complexity index is 551. The molecule has 0 saturated carbocycles. The monoisotopic (exact) mass is 329 g/mol. The quantitative estimate of drug-likeness (QED) is 0.923. The molecule has 1 aromatic heterocycles. The number of methoxy groups -OCH3 is 1. The van der Waals surface area contributed by atoms with Gasteiger partial charge in [0.15, 0.2) is 0 Å². The van der Waals surface area contributed by atoms with E-state index >= 15 is 0 Å². The smallest absolute Gasteiger partial charge is 0.132 e. The molecule has 1 atom stereocenters. The first-order valence-electron chi connectivity index (χ1n) is 5.38. The molecule has 0 radical (unpaired) electrons. The number of benzene rings is 1. The van der Waals surface area contributed by atoms with Gasteiger partial charge in [-0.25, -0.2) is 4.39 Å². The second kappa shape index (κ2) is 5.38. The number of ether oxygens (including phenoxy) is 1. The van der Waals surface area contributed by atoms with Gasteiger partial charge in [-0.05, 0) is 41.1 Å². The first-order chi connectivity index (χ1) is 8.54. The molecule has 0 spiro atoms. The molecule has 18 heavy (non-hydrogen) atoms. The van der Waals surface area contributed by atoms with Gasteiger partial charge in [-0.15, -0.1) is 11.3 Å². The van der Waals surface area contributed by atoms with Gasteiger partial charge in [0.05, 0.1) is 18.7 Å². The number of aryl methyl sites for hydroxylation is 1. The average molecular weight is 330 g/mol. The molecule has 96 valence electrons. The lowest BCUT2D eigenvalue weighted by Gasteiger charge is -2.15.